The van der Waals surface area contributed by atoms with Gasteiger partial charge in [-0.3, -0.25) is 0 Å². The summed E-state index contributed by atoms with van der Waals surface area (Å²) in [4.78, 5) is 13.2. The molecule has 0 aliphatic rings. The molecule has 0 saturated carbocycles. The van der Waals surface area contributed by atoms with E-state index in [1.165, 1.54) is 5.69 Å². The van der Waals surface area contributed by atoms with Gasteiger partial charge in [0.25, 0.3) is 0 Å². The van der Waals surface area contributed by atoms with Gasteiger partial charge < -0.3 is 9.67 Å². The van der Waals surface area contributed by atoms with E-state index < -0.39 is 5.97 Å². The first-order valence-electron chi connectivity index (χ1n) is 13.3. The predicted molar refractivity (Wildman–Crippen MR) is 139 cm³/mol. The van der Waals surface area contributed by atoms with Crippen LogP contribution < -0.4 is 0 Å². The third-order valence-electron chi connectivity index (χ3n) is 9.88. The Labute approximate surface area is 199 Å². The SMILES string of the molecule is CCC(C)(CC)c1c(C(=O)O)c(C(C)(CC)CC)n(C(C)(CC)CC)c1C(C)(CC)CC. The van der Waals surface area contributed by atoms with Gasteiger partial charge in [0.2, 0.25) is 0 Å². The Bertz CT molecular complexity index is 712. The molecule has 3 nitrogen and oxygen atoms in total. The molecule has 1 heterocycles. The zero-order valence-electron chi connectivity index (χ0n) is 23.5. The van der Waals surface area contributed by atoms with Gasteiger partial charge in [-0.2, -0.15) is 0 Å². The molecule has 0 unspecified atom stereocenters. The first-order valence-corrected chi connectivity index (χ1v) is 13.3. The molecule has 3 heteroatoms. The predicted octanol–water partition coefficient (Wildman–Crippen LogP) is 8.95. The maximum atomic E-state index is 13.2. The van der Waals surface area contributed by atoms with Crippen LogP contribution in [0.3, 0.4) is 0 Å². The highest BCUT2D eigenvalue weighted by Crippen LogP contribution is 2.52. The lowest BCUT2D eigenvalue weighted by molar-refractivity contribution is 0.0689. The van der Waals surface area contributed by atoms with Gasteiger partial charge in [-0.1, -0.05) is 76.2 Å². The molecule has 0 atom stereocenters. The minimum Gasteiger partial charge on any atom is -0.478 e. The molecule has 0 aliphatic heterocycles. The maximum absolute atomic E-state index is 13.2. The molecule has 1 aromatic heterocycles. The Hall–Kier alpha value is -1.25. The van der Waals surface area contributed by atoms with E-state index in [9.17, 15) is 9.90 Å². The Morgan fingerprint density at radius 3 is 1.25 bits per heavy atom. The van der Waals surface area contributed by atoms with E-state index in [1.807, 2.05) is 0 Å². The van der Waals surface area contributed by atoms with E-state index in [4.69, 9.17) is 0 Å². The van der Waals surface area contributed by atoms with Gasteiger partial charge in [0.05, 0.1) is 5.56 Å². The summed E-state index contributed by atoms with van der Waals surface area (Å²) in [5.74, 6) is -0.750. The van der Waals surface area contributed by atoms with Crippen molar-refractivity contribution in [3.05, 3.63) is 22.5 Å². The van der Waals surface area contributed by atoms with Gasteiger partial charge in [-0.25, -0.2) is 4.79 Å². The number of carboxylic acid groups (broad SMARTS) is 1. The molecule has 0 saturated heterocycles. The average molecular weight is 448 g/mol. The van der Waals surface area contributed by atoms with Crippen molar-refractivity contribution in [3.8, 4) is 0 Å². The van der Waals surface area contributed by atoms with E-state index in [1.54, 1.807) is 0 Å². The summed E-state index contributed by atoms with van der Waals surface area (Å²) in [5, 5.41) is 10.8. The molecule has 0 fully saturated rings. The third-order valence-corrected chi connectivity index (χ3v) is 9.88. The monoisotopic (exact) mass is 447 g/mol. The smallest absolute Gasteiger partial charge is 0.337 e. The van der Waals surface area contributed by atoms with E-state index in [2.05, 4.69) is 87.7 Å². The van der Waals surface area contributed by atoms with Crippen molar-refractivity contribution in [1.29, 1.82) is 0 Å². The van der Waals surface area contributed by atoms with Gasteiger partial charge >= 0.3 is 5.97 Å². The van der Waals surface area contributed by atoms with Gasteiger partial charge in [-0.05, 0) is 69.3 Å². The number of hydrogen-bond acceptors (Lipinski definition) is 1. The second-order valence-corrected chi connectivity index (χ2v) is 11.1. The largest absolute Gasteiger partial charge is 0.478 e. The third kappa shape index (κ3) is 4.42. The van der Waals surface area contributed by atoms with Crippen LogP contribution in [0.15, 0.2) is 0 Å². The summed E-state index contributed by atoms with van der Waals surface area (Å²) >= 11 is 0. The Kier molecular flexibility index (Phi) is 9.31. The van der Waals surface area contributed by atoms with Crippen molar-refractivity contribution in [3.63, 3.8) is 0 Å². The summed E-state index contributed by atoms with van der Waals surface area (Å²) in [6.45, 7) is 27.3. The lowest BCUT2D eigenvalue weighted by Crippen LogP contribution is -2.40. The normalized spacial score (nSPS) is 13.6. The lowest BCUT2D eigenvalue weighted by Gasteiger charge is -2.43. The summed E-state index contributed by atoms with van der Waals surface area (Å²) in [6.07, 6.45) is 7.71. The van der Waals surface area contributed by atoms with Crippen LogP contribution in [0.2, 0.25) is 0 Å². The lowest BCUT2D eigenvalue weighted by atomic mass is 9.69. The maximum Gasteiger partial charge on any atom is 0.337 e. The summed E-state index contributed by atoms with van der Waals surface area (Å²) in [5.41, 5.74) is 3.57. The van der Waals surface area contributed by atoms with Gasteiger partial charge in [-0.15, -0.1) is 0 Å². The van der Waals surface area contributed by atoms with Gasteiger partial charge in [0.15, 0.2) is 0 Å². The van der Waals surface area contributed by atoms with Crippen molar-refractivity contribution in [2.45, 2.75) is 156 Å². The molecule has 0 bridgehead atoms. The molecule has 1 rings (SSSR count). The molecule has 0 amide bonds. The molecule has 1 aromatic rings. The van der Waals surface area contributed by atoms with Crippen LogP contribution in [0.4, 0.5) is 0 Å². The van der Waals surface area contributed by atoms with Crippen molar-refractivity contribution >= 4 is 5.97 Å². The Balaban J connectivity index is 4.67. The van der Waals surface area contributed by atoms with Crippen LogP contribution in [0.5, 0.6) is 0 Å². The fourth-order valence-electron chi connectivity index (χ4n) is 5.39. The Morgan fingerprint density at radius 1 is 0.625 bits per heavy atom. The second-order valence-electron chi connectivity index (χ2n) is 11.1. The van der Waals surface area contributed by atoms with Gasteiger partial charge in [0.1, 0.15) is 0 Å². The summed E-state index contributed by atoms with van der Waals surface area (Å²) in [7, 11) is 0. The number of aromatic nitrogens is 1. The molecule has 0 aromatic carbocycles. The highest BCUT2D eigenvalue weighted by atomic mass is 16.4. The van der Waals surface area contributed by atoms with E-state index in [0.717, 1.165) is 62.6 Å². The van der Waals surface area contributed by atoms with Crippen LogP contribution in [0.25, 0.3) is 0 Å². The van der Waals surface area contributed by atoms with Crippen LogP contribution in [-0.4, -0.2) is 15.6 Å². The first-order chi connectivity index (χ1) is 14.8. The van der Waals surface area contributed by atoms with E-state index in [0.29, 0.717) is 5.56 Å². The fourth-order valence-corrected chi connectivity index (χ4v) is 5.39. The number of rotatable bonds is 13. The van der Waals surface area contributed by atoms with Crippen molar-refractivity contribution < 1.29 is 9.90 Å². The average Bonchev–Trinajstić information content (AvgIpc) is 3.21. The number of carboxylic acids is 1. The zero-order valence-corrected chi connectivity index (χ0v) is 23.5. The molecular formula is C29H53NO2. The molecular weight excluding hydrogens is 394 g/mol. The quantitative estimate of drug-likeness (QED) is 0.328. The molecule has 0 spiro atoms. The molecule has 0 aliphatic carbocycles. The second kappa shape index (κ2) is 10.3. The minimum atomic E-state index is -0.750. The van der Waals surface area contributed by atoms with Crippen molar-refractivity contribution in [2.24, 2.45) is 0 Å². The summed E-state index contributed by atoms with van der Waals surface area (Å²) in [6, 6.07) is 0. The zero-order chi connectivity index (χ0) is 25.1. The highest BCUT2D eigenvalue weighted by molar-refractivity contribution is 5.93. The summed E-state index contributed by atoms with van der Waals surface area (Å²) < 4.78 is 2.58. The molecule has 186 valence electrons. The van der Waals surface area contributed by atoms with Crippen molar-refractivity contribution in [1.82, 2.24) is 4.57 Å². The van der Waals surface area contributed by atoms with Crippen LogP contribution in [-0.2, 0) is 21.8 Å². The number of nitrogens with zero attached hydrogens (tertiary/aromatic N) is 1. The van der Waals surface area contributed by atoms with Crippen molar-refractivity contribution in [2.75, 3.05) is 0 Å². The minimum absolute atomic E-state index is 0.0720. The van der Waals surface area contributed by atoms with Crippen LogP contribution in [0, 0.1) is 0 Å². The van der Waals surface area contributed by atoms with Crippen LogP contribution >= 0.6 is 0 Å². The van der Waals surface area contributed by atoms with Crippen LogP contribution in [0.1, 0.15) is 162 Å². The van der Waals surface area contributed by atoms with Gasteiger partial charge in [0, 0.05) is 27.8 Å². The number of carbonyl (C=O) groups is 1. The van der Waals surface area contributed by atoms with E-state index >= 15 is 0 Å². The molecule has 1 N–H and O–H groups in total. The topological polar surface area (TPSA) is 42.2 Å². The number of hydrogen-bond donors (Lipinski definition) is 1. The molecule has 0 radical (unpaired) electrons. The molecule has 32 heavy (non-hydrogen) atoms. The fraction of sp³-hybridized carbons (Fsp3) is 0.828. The highest BCUT2D eigenvalue weighted by Gasteiger charge is 2.48. The standard InChI is InChI=1S/C29H53NO2/c1-13-26(9,14-2)22-21(25(31)32)23(27(10,15-3)16-4)30(29(12,19-7)20-8)24(22)28(11,17-5)18-6/h13-20H2,1-12H3,(H,31,32). The Morgan fingerprint density at radius 2 is 0.969 bits per heavy atom. The first kappa shape index (κ1) is 28.8. The van der Waals surface area contributed by atoms with E-state index in [-0.39, 0.29) is 21.8 Å². The number of aromatic carboxylic acids is 1.